The van der Waals surface area contributed by atoms with E-state index in [4.69, 9.17) is 0 Å². The summed E-state index contributed by atoms with van der Waals surface area (Å²) >= 11 is 0. The zero-order valence-corrected chi connectivity index (χ0v) is 21.9. The fraction of sp³-hybridized carbons (Fsp3) is 0. The molecular weight excluding hydrogens is 474 g/mol. The molecule has 0 N–H and O–H groups in total. The SMILES string of the molecule is c1ccc([Si](c2ccccc2)(c2ccccc2)c2ccc3c(c2)c2cccc4c5ccccc5n3c42)cc1. The van der Waals surface area contributed by atoms with Crippen LogP contribution in [-0.4, -0.2) is 12.5 Å². The van der Waals surface area contributed by atoms with Gasteiger partial charge >= 0.3 is 0 Å². The Morgan fingerprint density at radius 1 is 0.342 bits per heavy atom. The van der Waals surface area contributed by atoms with Crippen molar-refractivity contribution in [1.29, 1.82) is 0 Å². The minimum Gasteiger partial charge on any atom is -0.308 e. The molecule has 2 heterocycles. The topological polar surface area (TPSA) is 4.41 Å². The van der Waals surface area contributed by atoms with Crippen molar-refractivity contribution in [3.05, 3.63) is 152 Å². The van der Waals surface area contributed by atoms with Crippen molar-refractivity contribution in [1.82, 2.24) is 4.40 Å². The Balaban J connectivity index is 1.53. The minimum absolute atomic E-state index is 1.28. The van der Waals surface area contributed by atoms with E-state index in [1.165, 1.54) is 58.8 Å². The summed E-state index contributed by atoms with van der Waals surface area (Å²) < 4.78 is 2.47. The first-order valence-corrected chi connectivity index (χ1v) is 15.2. The molecule has 0 aliphatic heterocycles. The monoisotopic (exact) mass is 499 g/mol. The number of hydrogen-bond acceptors (Lipinski definition) is 0. The first-order chi connectivity index (χ1) is 18.9. The summed E-state index contributed by atoms with van der Waals surface area (Å²) in [5.74, 6) is 0. The van der Waals surface area contributed by atoms with E-state index in [9.17, 15) is 0 Å². The predicted octanol–water partition coefficient (Wildman–Crippen LogP) is 6.21. The molecule has 8 aromatic rings. The number of aromatic nitrogens is 1. The lowest BCUT2D eigenvalue weighted by Crippen LogP contribution is -2.74. The molecule has 0 radical (unpaired) electrons. The number of benzene rings is 6. The van der Waals surface area contributed by atoms with Crippen molar-refractivity contribution in [2.24, 2.45) is 0 Å². The Kier molecular flexibility index (Phi) is 4.61. The van der Waals surface area contributed by atoms with Gasteiger partial charge in [-0.15, -0.1) is 0 Å². The second kappa shape index (κ2) is 8.17. The summed E-state index contributed by atoms with van der Waals surface area (Å²) in [6.45, 7) is 0. The number of nitrogens with zero attached hydrogens (tertiary/aromatic N) is 1. The van der Waals surface area contributed by atoms with Crippen LogP contribution in [0.4, 0.5) is 0 Å². The van der Waals surface area contributed by atoms with Gasteiger partial charge in [0.25, 0.3) is 0 Å². The molecule has 38 heavy (non-hydrogen) atoms. The molecule has 8 rings (SSSR count). The van der Waals surface area contributed by atoms with Gasteiger partial charge in [0.1, 0.15) is 0 Å². The first kappa shape index (κ1) is 21.4. The fourth-order valence-electron chi connectivity index (χ4n) is 6.73. The molecule has 2 aromatic heterocycles. The number of hydrogen-bond donors (Lipinski definition) is 0. The van der Waals surface area contributed by atoms with Crippen molar-refractivity contribution in [2.75, 3.05) is 0 Å². The molecule has 0 aliphatic rings. The molecule has 1 nitrogen and oxygen atoms in total. The molecule has 178 valence electrons. The molecule has 0 spiro atoms. The van der Waals surface area contributed by atoms with Crippen LogP contribution in [0.1, 0.15) is 0 Å². The summed E-state index contributed by atoms with van der Waals surface area (Å²) in [6.07, 6.45) is 0. The summed E-state index contributed by atoms with van der Waals surface area (Å²) in [7, 11) is -2.57. The van der Waals surface area contributed by atoms with Gasteiger partial charge in [-0.1, -0.05) is 140 Å². The molecule has 0 bridgehead atoms. The molecule has 0 aliphatic carbocycles. The quantitative estimate of drug-likeness (QED) is 0.200. The van der Waals surface area contributed by atoms with E-state index >= 15 is 0 Å². The molecule has 2 heteroatoms. The van der Waals surface area contributed by atoms with Crippen molar-refractivity contribution < 1.29 is 0 Å². The maximum Gasteiger partial charge on any atom is 0.179 e. The summed E-state index contributed by atoms with van der Waals surface area (Å²) in [5, 5.41) is 10.9. The van der Waals surface area contributed by atoms with Crippen LogP contribution in [0.5, 0.6) is 0 Å². The third-order valence-corrected chi connectivity index (χ3v) is 13.1. The van der Waals surface area contributed by atoms with Crippen molar-refractivity contribution >= 4 is 66.9 Å². The molecule has 0 fully saturated rings. The van der Waals surface area contributed by atoms with Gasteiger partial charge in [-0.2, -0.15) is 0 Å². The van der Waals surface area contributed by atoms with Crippen LogP contribution in [-0.2, 0) is 0 Å². The van der Waals surface area contributed by atoms with E-state index in [1.807, 2.05) is 0 Å². The smallest absolute Gasteiger partial charge is 0.179 e. The van der Waals surface area contributed by atoms with Crippen LogP contribution >= 0.6 is 0 Å². The van der Waals surface area contributed by atoms with E-state index in [0.717, 1.165) is 0 Å². The van der Waals surface area contributed by atoms with Crippen LogP contribution in [0.3, 0.4) is 0 Å². The lowest BCUT2D eigenvalue weighted by atomic mass is 10.1. The normalized spacial score (nSPS) is 12.2. The summed E-state index contributed by atoms with van der Waals surface area (Å²) in [4.78, 5) is 0. The Labute approximate surface area is 222 Å². The maximum atomic E-state index is 2.51. The highest BCUT2D eigenvalue weighted by atomic mass is 28.3. The second-order valence-electron chi connectivity index (χ2n) is 10.1. The predicted molar refractivity (Wildman–Crippen MR) is 165 cm³/mol. The molecule has 0 saturated carbocycles. The highest BCUT2D eigenvalue weighted by Gasteiger charge is 2.41. The van der Waals surface area contributed by atoms with Crippen LogP contribution in [0, 0.1) is 0 Å². The maximum absolute atomic E-state index is 2.57. The molecule has 0 saturated heterocycles. The van der Waals surface area contributed by atoms with Crippen molar-refractivity contribution in [3.8, 4) is 0 Å². The molecule has 0 unspecified atom stereocenters. The molecule has 0 atom stereocenters. The highest BCUT2D eigenvalue weighted by Crippen LogP contribution is 2.38. The third kappa shape index (κ3) is 2.81. The van der Waals surface area contributed by atoms with Gasteiger partial charge < -0.3 is 4.40 Å². The van der Waals surface area contributed by atoms with Gasteiger partial charge in [0, 0.05) is 21.5 Å². The molecular formula is C36H25NSi. The lowest BCUT2D eigenvalue weighted by Gasteiger charge is -2.34. The average Bonchev–Trinajstić information content (AvgIpc) is 3.51. The summed E-state index contributed by atoms with van der Waals surface area (Å²) in [6, 6.07) is 56.3. The Morgan fingerprint density at radius 3 is 1.42 bits per heavy atom. The number of rotatable bonds is 4. The van der Waals surface area contributed by atoms with Crippen molar-refractivity contribution in [3.63, 3.8) is 0 Å². The fourth-order valence-corrected chi connectivity index (χ4v) is 11.5. The van der Waals surface area contributed by atoms with Crippen LogP contribution in [0.2, 0.25) is 0 Å². The van der Waals surface area contributed by atoms with E-state index in [-0.39, 0.29) is 0 Å². The summed E-state index contributed by atoms with van der Waals surface area (Å²) in [5.41, 5.74) is 3.88. The first-order valence-electron chi connectivity index (χ1n) is 13.2. The van der Waals surface area contributed by atoms with Gasteiger partial charge in [-0.05, 0) is 32.9 Å². The number of fused-ring (bicyclic) bond motifs is 6. The van der Waals surface area contributed by atoms with Gasteiger partial charge in [-0.25, -0.2) is 0 Å². The zero-order chi connectivity index (χ0) is 25.1. The van der Waals surface area contributed by atoms with Crippen molar-refractivity contribution in [2.45, 2.75) is 0 Å². The number of para-hydroxylation sites is 2. The van der Waals surface area contributed by atoms with E-state index < -0.39 is 8.07 Å². The minimum atomic E-state index is -2.57. The lowest BCUT2D eigenvalue weighted by molar-refractivity contribution is 1.37. The van der Waals surface area contributed by atoms with Gasteiger partial charge in [0.15, 0.2) is 8.07 Å². The third-order valence-electron chi connectivity index (χ3n) is 8.28. The van der Waals surface area contributed by atoms with Gasteiger partial charge in [0.05, 0.1) is 16.6 Å². The van der Waals surface area contributed by atoms with Gasteiger partial charge in [0.2, 0.25) is 0 Å². The molecule has 0 amide bonds. The van der Waals surface area contributed by atoms with E-state index in [0.29, 0.717) is 0 Å². The highest BCUT2D eigenvalue weighted by molar-refractivity contribution is 7.20. The Hall–Kier alpha value is -4.66. The standard InChI is InChI=1S/C36H25NSi/c1-4-13-26(14-5-1)38(27-15-6-2-7-16-27,28-17-8-3-9-18-28)29-23-24-35-33(25-29)32-21-12-20-31-30-19-10-11-22-34(30)37(35)36(31)32/h1-25H. The zero-order valence-electron chi connectivity index (χ0n) is 20.9. The van der Waals surface area contributed by atoms with E-state index in [1.54, 1.807) is 0 Å². The Morgan fingerprint density at radius 2 is 0.816 bits per heavy atom. The molecule has 6 aromatic carbocycles. The average molecular weight is 500 g/mol. The van der Waals surface area contributed by atoms with Crippen LogP contribution < -0.4 is 20.7 Å². The Bertz CT molecular complexity index is 1960. The van der Waals surface area contributed by atoms with E-state index in [2.05, 4.69) is 156 Å². The second-order valence-corrected chi connectivity index (χ2v) is 13.9. The van der Waals surface area contributed by atoms with Crippen LogP contribution in [0.25, 0.3) is 38.1 Å². The largest absolute Gasteiger partial charge is 0.308 e. The van der Waals surface area contributed by atoms with Gasteiger partial charge in [-0.3, -0.25) is 0 Å². The van der Waals surface area contributed by atoms with Crippen LogP contribution in [0.15, 0.2) is 152 Å².